The van der Waals surface area contributed by atoms with Gasteiger partial charge < -0.3 is 0 Å². The van der Waals surface area contributed by atoms with Crippen LogP contribution in [0.4, 0.5) is 0 Å². The number of unbranched alkanes of at least 4 members (excludes halogenated alkanes) is 1. The summed E-state index contributed by atoms with van der Waals surface area (Å²) in [6.07, 6.45) is 5.23. The molecule has 0 unspecified atom stereocenters. The van der Waals surface area contributed by atoms with E-state index in [9.17, 15) is 9.59 Å². The molecule has 1 aromatic carbocycles. The number of hydrogen-bond acceptors (Lipinski definition) is 4. The monoisotopic (exact) mass is 398 g/mol. The van der Waals surface area contributed by atoms with Gasteiger partial charge in [0.2, 0.25) is 0 Å². The van der Waals surface area contributed by atoms with Gasteiger partial charge in [0.05, 0.1) is 0 Å². The van der Waals surface area contributed by atoms with Crippen molar-refractivity contribution in [2.75, 3.05) is 7.11 Å². The zero-order valence-electron chi connectivity index (χ0n) is 14.6. The quantitative estimate of drug-likeness (QED) is 0.249. The van der Waals surface area contributed by atoms with Crippen molar-refractivity contribution < 1.29 is 19.1 Å². The molecule has 0 bridgehead atoms. The SMILES string of the molecule is CCCC[C@H](O/C=C/C(=O)OC)[C@@H](C[Se]c1ccccc1)C(C)=O. The van der Waals surface area contributed by atoms with E-state index in [0.29, 0.717) is 0 Å². The van der Waals surface area contributed by atoms with Gasteiger partial charge in [0.15, 0.2) is 0 Å². The molecule has 0 amide bonds. The second-order valence-corrected chi connectivity index (χ2v) is 7.78. The van der Waals surface area contributed by atoms with Gasteiger partial charge in [-0.3, -0.25) is 0 Å². The second kappa shape index (κ2) is 11.9. The predicted octanol–water partition coefficient (Wildman–Crippen LogP) is 2.90. The molecule has 0 fully saturated rings. The summed E-state index contributed by atoms with van der Waals surface area (Å²) in [6.45, 7) is 3.73. The van der Waals surface area contributed by atoms with E-state index in [2.05, 4.69) is 23.8 Å². The number of ether oxygens (including phenoxy) is 2. The minimum absolute atomic E-state index is 0.139. The number of ketones is 1. The number of benzene rings is 1. The van der Waals surface area contributed by atoms with E-state index < -0.39 is 5.97 Å². The molecule has 0 saturated carbocycles. The van der Waals surface area contributed by atoms with Gasteiger partial charge in [-0.2, -0.15) is 0 Å². The molecule has 5 heteroatoms. The van der Waals surface area contributed by atoms with Crippen molar-refractivity contribution in [3.8, 4) is 0 Å². The Bertz CT molecular complexity index is 527. The molecule has 0 radical (unpaired) electrons. The Morgan fingerprint density at radius 2 is 1.96 bits per heavy atom. The van der Waals surface area contributed by atoms with Crippen molar-refractivity contribution in [3.05, 3.63) is 42.7 Å². The third kappa shape index (κ3) is 7.80. The molecule has 1 rings (SSSR count). The first-order valence-corrected chi connectivity index (χ1v) is 10.2. The van der Waals surface area contributed by atoms with E-state index in [1.54, 1.807) is 6.92 Å². The standard InChI is InChI=1S/C19H26O4Se/c1-4-5-11-18(23-13-12-19(21)22-3)17(15(2)20)14-24-16-9-7-6-8-10-16/h6-10,12-13,17-18H,4-5,11,14H2,1-3H3/b13-12+/t17-,18-/m0/s1. The fourth-order valence-corrected chi connectivity index (χ4v) is 4.68. The van der Waals surface area contributed by atoms with Crippen molar-refractivity contribution in [1.29, 1.82) is 0 Å². The fourth-order valence-electron chi connectivity index (χ4n) is 2.22. The van der Waals surface area contributed by atoms with Gasteiger partial charge in [0, 0.05) is 0 Å². The van der Waals surface area contributed by atoms with Crippen LogP contribution in [0, 0.1) is 5.92 Å². The topological polar surface area (TPSA) is 52.6 Å². The summed E-state index contributed by atoms with van der Waals surface area (Å²) >= 11 is 0.220. The zero-order chi connectivity index (χ0) is 17.8. The molecular formula is C19H26O4Se. The molecule has 0 aliphatic rings. The van der Waals surface area contributed by atoms with E-state index >= 15 is 0 Å². The molecule has 0 spiro atoms. The maximum atomic E-state index is 12.1. The summed E-state index contributed by atoms with van der Waals surface area (Å²) in [6, 6.07) is 10.2. The van der Waals surface area contributed by atoms with Gasteiger partial charge in [-0.25, -0.2) is 0 Å². The normalized spacial score (nSPS) is 13.5. The molecule has 132 valence electrons. The van der Waals surface area contributed by atoms with Crippen LogP contribution < -0.4 is 4.46 Å². The molecule has 0 saturated heterocycles. The molecule has 0 N–H and O–H groups in total. The Labute approximate surface area is 150 Å². The van der Waals surface area contributed by atoms with Gasteiger partial charge in [-0.05, 0) is 0 Å². The van der Waals surface area contributed by atoms with Crippen molar-refractivity contribution in [2.45, 2.75) is 44.5 Å². The number of carbonyl (C=O) groups is 2. The number of hydrogen-bond donors (Lipinski definition) is 0. The Balaban J connectivity index is 2.73. The van der Waals surface area contributed by atoms with E-state index in [1.807, 2.05) is 18.2 Å². The van der Waals surface area contributed by atoms with Crippen LogP contribution in [0.3, 0.4) is 0 Å². The summed E-state index contributed by atoms with van der Waals surface area (Å²) in [5, 5.41) is 0.798. The summed E-state index contributed by atoms with van der Waals surface area (Å²) in [7, 11) is 1.32. The number of carbonyl (C=O) groups excluding carboxylic acids is 2. The molecule has 2 atom stereocenters. The Morgan fingerprint density at radius 3 is 2.54 bits per heavy atom. The first kappa shape index (κ1) is 20.5. The van der Waals surface area contributed by atoms with Gasteiger partial charge in [-0.15, -0.1) is 0 Å². The Kier molecular flexibility index (Phi) is 10.1. The molecule has 0 aromatic heterocycles. The van der Waals surface area contributed by atoms with E-state index in [-0.39, 0.29) is 32.8 Å². The van der Waals surface area contributed by atoms with Gasteiger partial charge in [0.1, 0.15) is 0 Å². The minimum atomic E-state index is -0.461. The maximum absolute atomic E-state index is 12.1. The third-order valence-corrected chi connectivity index (χ3v) is 6.02. The van der Waals surface area contributed by atoms with Crippen molar-refractivity contribution in [2.24, 2.45) is 5.92 Å². The van der Waals surface area contributed by atoms with Crippen LogP contribution >= 0.6 is 0 Å². The average Bonchev–Trinajstić information content (AvgIpc) is 2.59. The molecule has 1 aromatic rings. The Morgan fingerprint density at radius 1 is 1.25 bits per heavy atom. The van der Waals surface area contributed by atoms with Crippen LogP contribution in [0.1, 0.15) is 33.1 Å². The van der Waals surface area contributed by atoms with Gasteiger partial charge >= 0.3 is 150 Å². The van der Waals surface area contributed by atoms with Gasteiger partial charge in [0.25, 0.3) is 0 Å². The van der Waals surface area contributed by atoms with Crippen molar-refractivity contribution in [3.63, 3.8) is 0 Å². The number of Topliss-reactive ketones (excluding diaryl/α,β-unsaturated/α-hetero) is 1. The molecule has 4 nitrogen and oxygen atoms in total. The average molecular weight is 397 g/mol. The zero-order valence-corrected chi connectivity index (χ0v) is 16.3. The van der Waals surface area contributed by atoms with E-state index in [0.717, 1.165) is 24.6 Å². The van der Waals surface area contributed by atoms with Crippen LogP contribution in [0.25, 0.3) is 0 Å². The third-order valence-electron chi connectivity index (χ3n) is 3.64. The van der Waals surface area contributed by atoms with Gasteiger partial charge in [-0.1, -0.05) is 0 Å². The summed E-state index contributed by atoms with van der Waals surface area (Å²) in [4.78, 5) is 23.3. The van der Waals surface area contributed by atoms with Crippen molar-refractivity contribution >= 4 is 31.2 Å². The second-order valence-electron chi connectivity index (χ2n) is 5.48. The van der Waals surface area contributed by atoms with Crippen LogP contribution in [0.15, 0.2) is 42.7 Å². The predicted molar refractivity (Wildman–Crippen MR) is 96.4 cm³/mol. The van der Waals surface area contributed by atoms with Crippen LogP contribution in [-0.2, 0) is 19.1 Å². The number of rotatable bonds is 11. The first-order chi connectivity index (χ1) is 11.6. The molecular weight excluding hydrogens is 371 g/mol. The van der Waals surface area contributed by atoms with E-state index in [4.69, 9.17) is 4.74 Å². The van der Waals surface area contributed by atoms with Crippen LogP contribution in [-0.4, -0.2) is 39.9 Å². The molecule has 0 heterocycles. The fraction of sp³-hybridized carbons (Fsp3) is 0.474. The number of methoxy groups -OCH3 is 1. The molecule has 0 aliphatic heterocycles. The van der Waals surface area contributed by atoms with Crippen molar-refractivity contribution in [1.82, 2.24) is 0 Å². The molecule has 24 heavy (non-hydrogen) atoms. The Hall–Kier alpha value is -1.58. The summed E-state index contributed by atoms with van der Waals surface area (Å²) < 4.78 is 11.6. The number of esters is 1. The van der Waals surface area contributed by atoms with Crippen LogP contribution in [0.5, 0.6) is 0 Å². The summed E-state index contributed by atoms with van der Waals surface area (Å²) in [5.74, 6) is -0.475. The first-order valence-electron chi connectivity index (χ1n) is 8.16. The van der Waals surface area contributed by atoms with Crippen LogP contribution in [0.2, 0.25) is 5.32 Å². The van der Waals surface area contributed by atoms with E-state index in [1.165, 1.54) is 23.9 Å². The molecule has 0 aliphatic carbocycles. The summed E-state index contributed by atoms with van der Waals surface area (Å²) in [5.41, 5.74) is 0.